The lowest BCUT2D eigenvalue weighted by Gasteiger charge is -1.95. The number of fused-ring (bicyclic) bond motifs is 1. The summed E-state index contributed by atoms with van der Waals surface area (Å²) in [5.74, 6) is 0.874. The van der Waals surface area contributed by atoms with E-state index in [4.69, 9.17) is 23.2 Å². The summed E-state index contributed by atoms with van der Waals surface area (Å²) in [5.41, 5.74) is 0.871. The minimum absolute atomic E-state index is 0.297. The van der Waals surface area contributed by atoms with Crippen LogP contribution >= 0.6 is 34.5 Å². The second-order valence-electron chi connectivity index (χ2n) is 2.20. The van der Waals surface area contributed by atoms with Gasteiger partial charge in [0.2, 0.25) is 0 Å². The molecule has 0 atom stereocenters. The van der Waals surface area contributed by atoms with Crippen molar-refractivity contribution in [2.45, 2.75) is 5.88 Å². The predicted molar refractivity (Wildman–Crippen MR) is 52.0 cm³/mol. The van der Waals surface area contributed by atoms with Crippen LogP contribution in [0.25, 0.3) is 10.2 Å². The number of hydrogen-bond donors (Lipinski definition) is 0. The molecule has 0 aliphatic carbocycles. The number of aromatic nitrogens is 2. The zero-order valence-electron chi connectivity index (χ0n) is 5.92. The number of rotatable bonds is 1. The van der Waals surface area contributed by atoms with E-state index >= 15 is 0 Å². The van der Waals surface area contributed by atoms with Crippen LogP contribution in [0.4, 0.5) is 0 Å². The Bertz CT molecular complexity index is 413. The van der Waals surface area contributed by atoms with Crippen molar-refractivity contribution in [2.24, 2.45) is 0 Å². The average molecular weight is 219 g/mol. The second kappa shape index (κ2) is 3.17. The fourth-order valence-electron chi connectivity index (χ4n) is 0.933. The topological polar surface area (TPSA) is 25.8 Å². The van der Waals surface area contributed by atoms with Crippen LogP contribution in [0.15, 0.2) is 11.4 Å². The van der Waals surface area contributed by atoms with Crippen LogP contribution in [0.3, 0.4) is 0 Å². The van der Waals surface area contributed by atoms with Gasteiger partial charge in [-0.25, -0.2) is 9.97 Å². The summed E-state index contributed by atoms with van der Waals surface area (Å²) >= 11 is 13.0. The molecule has 0 saturated carbocycles. The van der Waals surface area contributed by atoms with Crippen molar-refractivity contribution in [3.63, 3.8) is 0 Å². The van der Waals surface area contributed by atoms with Crippen LogP contribution in [-0.2, 0) is 5.88 Å². The van der Waals surface area contributed by atoms with Gasteiger partial charge in [0, 0.05) is 0 Å². The van der Waals surface area contributed by atoms with Gasteiger partial charge in [-0.05, 0) is 11.4 Å². The maximum Gasteiger partial charge on any atom is 0.150 e. The zero-order chi connectivity index (χ0) is 8.55. The summed E-state index contributed by atoms with van der Waals surface area (Å²) in [6.45, 7) is 0. The van der Waals surface area contributed by atoms with E-state index in [2.05, 4.69) is 9.97 Å². The summed E-state index contributed by atoms with van der Waals surface area (Å²) in [5, 5.41) is 2.43. The van der Waals surface area contributed by atoms with Crippen molar-refractivity contribution in [3.05, 3.63) is 22.4 Å². The molecular formula is C7H4Cl2N2S. The smallest absolute Gasteiger partial charge is 0.150 e. The molecule has 0 spiro atoms. The highest BCUT2D eigenvalue weighted by Gasteiger charge is 2.05. The summed E-state index contributed by atoms with van der Waals surface area (Å²) in [6, 6.07) is 1.91. The highest BCUT2D eigenvalue weighted by molar-refractivity contribution is 7.17. The molecule has 0 aliphatic heterocycles. The maximum absolute atomic E-state index is 5.88. The zero-order valence-corrected chi connectivity index (χ0v) is 8.25. The third-order valence-electron chi connectivity index (χ3n) is 1.43. The van der Waals surface area contributed by atoms with E-state index in [1.54, 1.807) is 0 Å². The monoisotopic (exact) mass is 218 g/mol. The molecule has 0 aromatic carbocycles. The fraction of sp³-hybridized carbons (Fsp3) is 0.143. The van der Waals surface area contributed by atoms with Crippen molar-refractivity contribution in [3.8, 4) is 0 Å². The average Bonchev–Trinajstić information content (AvgIpc) is 2.52. The predicted octanol–water partition coefficient (Wildman–Crippen LogP) is 3.08. The normalized spacial score (nSPS) is 10.8. The Morgan fingerprint density at radius 3 is 3.00 bits per heavy atom. The van der Waals surface area contributed by atoms with Crippen LogP contribution in [0.1, 0.15) is 5.82 Å². The number of thiophene rings is 1. The van der Waals surface area contributed by atoms with E-state index < -0.39 is 0 Å². The first-order valence-corrected chi connectivity index (χ1v) is 5.06. The van der Waals surface area contributed by atoms with Gasteiger partial charge >= 0.3 is 0 Å². The minimum Gasteiger partial charge on any atom is -0.231 e. The molecule has 2 nitrogen and oxygen atoms in total. The molecule has 0 aliphatic rings. The molecule has 12 heavy (non-hydrogen) atoms. The van der Waals surface area contributed by atoms with Gasteiger partial charge in [-0.2, -0.15) is 0 Å². The summed E-state index contributed by atoms with van der Waals surface area (Å²) in [6.07, 6.45) is 0. The quantitative estimate of drug-likeness (QED) is 0.544. The van der Waals surface area contributed by atoms with Gasteiger partial charge in [-0.1, -0.05) is 11.6 Å². The molecule has 2 heterocycles. The van der Waals surface area contributed by atoms with Crippen molar-refractivity contribution < 1.29 is 0 Å². The largest absolute Gasteiger partial charge is 0.231 e. The highest BCUT2D eigenvalue weighted by Crippen LogP contribution is 2.25. The molecule has 2 aromatic rings. The lowest BCUT2D eigenvalue weighted by atomic mass is 10.4. The Morgan fingerprint density at radius 2 is 2.25 bits per heavy atom. The van der Waals surface area contributed by atoms with E-state index in [1.165, 1.54) is 11.3 Å². The molecule has 0 N–H and O–H groups in total. The van der Waals surface area contributed by atoms with Gasteiger partial charge < -0.3 is 0 Å². The molecule has 2 rings (SSSR count). The van der Waals surface area contributed by atoms with E-state index in [0.29, 0.717) is 16.9 Å². The first-order chi connectivity index (χ1) is 5.81. The minimum atomic E-state index is 0.297. The van der Waals surface area contributed by atoms with E-state index in [-0.39, 0.29) is 0 Å². The van der Waals surface area contributed by atoms with Crippen LogP contribution in [0.5, 0.6) is 0 Å². The lowest BCUT2D eigenvalue weighted by Crippen LogP contribution is -1.90. The Labute approximate surface area is 83.2 Å². The molecule has 62 valence electrons. The number of nitrogens with zero attached hydrogens (tertiary/aromatic N) is 2. The van der Waals surface area contributed by atoms with Crippen molar-refractivity contribution >= 4 is 44.8 Å². The van der Waals surface area contributed by atoms with Gasteiger partial charge in [0.05, 0.1) is 16.1 Å². The van der Waals surface area contributed by atoms with Gasteiger partial charge in [0.1, 0.15) is 5.82 Å². The van der Waals surface area contributed by atoms with E-state index in [9.17, 15) is 0 Å². The SMILES string of the molecule is ClCc1nc(Cl)c2sccc2n1. The van der Waals surface area contributed by atoms with Gasteiger partial charge in [-0.15, -0.1) is 22.9 Å². The number of alkyl halides is 1. The Hall–Kier alpha value is -0.380. The first-order valence-electron chi connectivity index (χ1n) is 3.27. The molecule has 0 bridgehead atoms. The molecule has 0 unspecified atom stereocenters. The fourth-order valence-corrected chi connectivity index (χ4v) is 2.09. The highest BCUT2D eigenvalue weighted by atomic mass is 35.5. The summed E-state index contributed by atoms with van der Waals surface area (Å²) < 4.78 is 0.922. The second-order valence-corrected chi connectivity index (χ2v) is 3.74. The molecule has 0 saturated heterocycles. The summed E-state index contributed by atoms with van der Waals surface area (Å²) in [4.78, 5) is 8.22. The van der Waals surface area contributed by atoms with Crippen LogP contribution in [0, 0.1) is 0 Å². The van der Waals surface area contributed by atoms with Crippen LogP contribution in [-0.4, -0.2) is 9.97 Å². The Balaban J connectivity index is 2.75. The molecule has 0 radical (unpaired) electrons. The third kappa shape index (κ3) is 1.28. The van der Waals surface area contributed by atoms with E-state index in [0.717, 1.165) is 10.2 Å². The number of hydrogen-bond acceptors (Lipinski definition) is 3. The number of halogens is 2. The van der Waals surface area contributed by atoms with Gasteiger partial charge in [0.25, 0.3) is 0 Å². The molecule has 0 amide bonds. The van der Waals surface area contributed by atoms with Crippen molar-refractivity contribution in [1.29, 1.82) is 0 Å². The van der Waals surface area contributed by atoms with Gasteiger partial charge in [-0.3, -0.25) is 0 Å². The standard InChI is InChI=1S/C7H4Cl2N2S/c8-3-5-10-4-1-2-12-6(4)7(9)11-5/h1-2H,3H2. The molecule has 0 fully saturated rings. The summed E-state index contributed by atoms with van der Waals surface area (Å²) in [7, 11) is 0. The maximum atomic E-state index is 5.88. The third-order valence-corrected chi connectivity index (χ3v) is 2.96. The van der Waals surface area contributed by atoms with Crippen LogP contribution < -0.4 is 0 Å². The van der Waals surface area contributed by atoms with E-state index in [1.807, 2.05) is 11.4 Å². The Morgan fingerprint density at radius 1 is 1.42 bits per heavy atom. The van der Waals surface area contributed by atoms with Crippen LogP contribution in [0.2, 0.25) is 5.15 Å². The van der Waals surface area contributed by atoms with Crippen molar-refractivity contribution in [2.75, 3.05) is 0 Å². The Kier molecular flexibility index (Phi) is 2.17. The molecule has 2 aromatic heterocycles. The first kappa shape index (κ1) is 8.23. The van der Waals surface area contributed by atoms with Gasteiger partial charge in [0.15, 0.2) is 5.15 Å². The molecule has 5 heteroatoms. The lowest BCUT2D eigenvalue weighted by molar-refractivity contribution is 1.07. The molecular weight excluding hydrogens is 215 g/mol. The van der Waals surface area contributed by atoms with Crippen molar-refractivity contribution in [1.82, 2.24) is 9.97 Å².